The van der Waals surface area contributed by atoms with Gasteiger partial charge in [-0.1, -0.05) is 25.8 Å². The minimum atomic E-state index is 0.691. The first-order valence-electron chi connectivity index (χ1n) is 5.04. The van der Waals surface area contributed by atoms with E-state index in [4.69, 9.17) is 12.2 Å². The van der Waals surface area contributed by atoms with Crippen LogP contribution in [-0.4, -0.2) is 14.8 Å². The maximum Gasteiger partial charge on any atom is 0.195 e. The molecule has 1 rings (SSSR count). The Balaban J connectivity index is 2.65. The van der Waals surface area contributed by atoms with Crippen LogP contribution in [-0.2, 0) is 13.0 Å². The van der Waals surface area contributed by atoms with Gasteiger partial charge >= 0.3 is 0 Å². The summed E-state index contributed by atoms with van der Waals surface area (Å²) in [6.45, 7) is 6.65. The van der Waals surface area contributed by atoms with E-state index in [0.29, 0.717) is 4.77 Å². The number of nitrogens with zero attached hydrogens (tertiary/aromatic N) is 2. The molecule has 0 saturated carbocycles. The Labute approximate surface area is 89.8 Å². The molecular formula is C10H17N3S. The molecular weight excluding hydrogens is 194 g/mol. The van der Waals surface area contributed by atoms with Gasteiger partial charge < -0.3 is 4.57 Å². The Morgan fingerprint density at radius 2 is 2.36 bits per heavy atom. The van der Waals surface area contributed by atoms with Crippen molar-refractivity contribution in [2.45, 2.75) is 39.2 Å². The molecule has 0 fully saturated rings. The van der Waals surface area contributed by atoms with Gasteiger partial charge in [0, 0.05) is 13.0 Å². The molecule has 0 atom stereocenters. The molecule has 1 N–H and O–H groups in total. The van der Waals surface area contributed by atoms with Crippen LogP contribution in [0.3, 0.4) is 0 Å². The van der Waals surface area contributed by atoms with Crippen molar-refractivity contribution in [1.82, 2.24) is 14.8 Å². The second-order valence-electron chi connectivity index (χ2n) is 3.30. The first-order chi connectivity index (χ1) is 6.79. The summed E-state index contributed by atoms with van der Waals surface area (Å²) in [5.74, 6) is 1.04. The van der Waals surface area contributed by atoms with Gasteiger partial charge in [-0.15, -0.1) is 6.58 Å². The molecule has 0 aliphatic carbocycles. The van der Waals surface area contributed by atoms with Gasteiger partial charge in [-0.2, -0.15) is 5.10 Å². The lowest BCUT2D eigenvalue weighted by Gasteiger charge is -2.02. The predicted molar refractivity (Wildman–Crippen MR) is 60.8 cm³/mol. The van der Waals surface area contributed by atoms with Gasteiger partial charge in [-0.05, 0) is 18.6 Å². The summed E-state index contributed by atoms with van der Waals surface area (Å²) in [5, 5.41) is 7.02. The van der Waals surface area contributed by atoms with Gasteiger partial charge in [0.05, 0.1) is 0 Å². The van der Waals surface area contributed by atoms with Crippen LogP contribution < -0.4 is 0 Å². The molecule has 0 aromatic carbocycles. The molecule has 0 bridgehead atoms. The summed E-state index contributed by atoms with van der Waals surface area (Å²) >= 11 is 5.11. The number of nitrogens with one attached hydrogen (secondary N) is 1. The number of allylic oxidation sites excluding steroid dienone is 1. The summed E-state index contributed by atoms with van der Waals surface area (Å²) in [4.78, 5) is 0. The lowest BCUT2D eigenvalue weighted by Crippen LogP contribution is -2.02. The third-order valence-electron chi connectivity index (χ3n) is 2.15. The molecule has 1 aromatic rings. The Kier molecular flexibility index (Phi) is 4.59. The molecule has 0 radical (unpaired) electrons. The van der Waals surface area contributed by atoms with Gasteiger partial charge in [0.2, 0.25) is 0 Å². The normalized spacial score (nSPS) is 10.4. The number of H-pyrrole nitrogens is 1. The van der Waals surface area contributed by atoms with E-state index in [2.05, 4.69) is 23.7 Å². The highest BCUT2D eigenvalue weighted by Gasteiger charge is 2.03. The van der Waals surface area contributed by atoms with Crippen LogP contribution in [0.25, 0.3) is 0 Å². The van der Waals surface area contributed by atoms with Crippen LogP contribution in [0.15, 0.2) is 12.7 Å². The van der Waals surface area contributed by atoms with Gasteiger partial charge in [-0.25, -0.2) is 0 Å². The first kappa shape index (κ1) is 11.2. The fourth-order valence-corrected chi connectivity index (χ4v) is 1.62. The summed E-state index contributed by atoms with van der Waals surface area (Å²) < 4.78 is 2.69. The van der Waals surface area contributed by atoms with Gasteiger partial charge in [0.1, 0.15) is 5.82 Å². The highest BCUT2D eigenvalue weighted by Crippen LogP contribution is 2.05. The van der Waals surface area contributed by atoms with E-state index >= 15 is 0 Å². The average Bonchev–Trinajstić information content (AvgIpc) is 2.51. The zero-order valence-corrected chi connectivity index (χ0v) is 9.44. The number of hydrogen-bond donors (Lipinski definition) is 1. The zero-order valence-electron chi connectivity index (χ0n) is 8.62. The van der Waals surface area contributed by atoms with E-state index in [1.54, 1.807) is 0 Å². The van der Waals surface area contributed by atoms with E-state index in [0.717, 1.165) is 18.8 Å². The van der Waals surface area contributed by atoms with Crippen molar-refractivity contribution in [3.8, 4) is 0 Å². The monoisotopic (exact) mass is 211 g/mol. The molecule has 0 spiro atoms. The molecule has 1 aromatic heterocycles. The molecule has 0 aliphatic rings. The van der Waals surface area contributed by atoms with E-state index in [1.165, 1.54) is 19.3 Å². The van der Waals surface area contributed by atoms with E-state index in [9.17, 15) is 0 Å². The zero-order chi connectivity index (χ0) is 10.4. The fraction of sp³-hybridized carbons (Fsp3) is 0.600. The third-order valence-corrected chi connectivity index (χ3v) is 2.46. The number of unbranched alkanes of at least 4 members (excludes halogenated alkanes) is 2. The summed E-state index contributed by atoms with van der Waals surface area (Å²) in [7, 11) is 0. The van der Waals surface area contributed by atoms with Crippen molar-refractivity contribution in [1.29, 1.82) is 0 Å². The Morgan fingerprint density at radius 3 is 3.00 bits per heavy atom. The van der Waals surface area contributed by atoms with Crippen LogP contribution in [0, 0.1) is 4.77 Å². The summed E-state index contributed by atoms with van der Waals surface area (Å²) in [5.41, 5.74) is 0. The number of hydrogen-bond acceptors (Lipinski definition) is 2. The number of rotatable bonds is 6. The third kappa shape index (κ3) is 2.80. The number of aromatic amines is 1. The smallest absolute Gasteiger partial charge is 0.195 e. The van der Waals surface area contributed by atoms with Crippen molar-refractivity contribution in [3.05, 3.63) is 23.3 Å². The molecule has 1 heterocycles. The number of aromatic nitrogens is 3. The van der Waals surface area contributed by atoms with Crippen LogP contribution in [0.2, 0.25) is 0 Å². The predicted octanol–water partition coefficient (Wildman–Crippen LogP) is 2.86. The van der Waals surface area contributed by atoms with Crippen molar-refractivity contribution >= 4 is 12.2 Å². The molecule has 14 heavy (non-hydrogen) atoms. The molecule has 3 nitrogen and oxygen atoms in total. The lowest BCUT2D eigenvalue weighted by molar-refractivity contribution is 0.653. The van der Waals surface area contributed by atoms with E-state index < -0.39 is 0 Å². The fourth-order valence-electron chi connectivity index (χ4n) is 1.39. The van der Waals surface area contributed by atoms with Crippen LogP contribution in [0.4, 0.5) is 0 Å². The number of aryl methyl sites for hydroxylation is 1. The molecule has 0 unspecified atom stereocenters. The Morgan fingerprint density at radius 1 is 1.57 bits per heavy atom. The second kappa shape index (κ2) is 5.75. The molecule has 0 aliphatic heterocycles. The van der Waals surface area contributed by atoms with Gasteiger partial charge in [-0.3, -0.25) is 5.10 Å². The maximum absolute atomic E-state index is 5.11. The first-order valence-corrected chi connectivity index (χ1v) is 5.45. The lowest BCUT2D eigenvalue weighted by atomic mass is 10.2. The molecule has 4 heteroatoms. The van der Waals surface area contributed by atoms with Crippen molar-refractivity contribution in [2.24, 2.45) is 0 Å². The average molecular weight is 211 g/mol. The van der Waals surface area contributed by atoms with Gasteiger partial charge in [0.25, 0.3) is 0 Å². The SMILES string of the molecule is C=CCn1c(CCCCC)n[nH]c1=S. The molecule has 78 valence electrons. The van der Waals surface area contributed by atoms with E-state index in [-0.39, 0.29) is 0 Å². The van der Waals surface area contributed by atoms with Crippen LogP contribution in [0.1, 0.15) is 32.0 Å². The Bertz CT molecular complexity index is 337. The van der Waals surface area contributed by atoms with Crippen LogP contribution >= 0.6 is 12.2 Å². The molecule has 0 amide bonds. The standard InChI is InChI=1S/C10H17N3S/c1-3-5-6-7-9-11-12-10(14)13(9)8-4-2/h4H,2-3,5-8H2,1H3,(H,12,14). The maximum atomic E-state index is 5.11. The highest BCUT2D eigenvalue weighted by atomic mass is 32.1. The topological polar surface area (TPSA) is 33.6 Å². The minimum absolute atomic E-state index is 0.691. The van der Waals surface area contributed by atoms with Crippen LogP contribution in [0.5, 0.6) is 0 Å². The Hall–Kier alpha value is -0.900. The largest absolute Gasteiger partial charge is 0.300 e. The summed E-state index contributed by atoms with van der Waals surface area (Å²) in [6, 6.07) is 0. The minimum Gasteiger partial charge on any atom is -0.300 e. The molecule has 0 saturated heterocycles. The quantitative estimate of drug-likeness (QED) is 0.446. The van der Waals surface area contributed by atoms with Gasteiger partial charge in [0.15, 0.2) is 4.77 Å². The second-order valence-corrected chi connectivity index (χ2v) is 3.69. The van der Waals surface area contributed by atoms with E-state index in [1.807, 2.05) is 10.6 Å². The van der Waals surface area contributed by atoms with Crippen molar-refractivity contribution in [3.63, 3.8) is 0 Å². The van der Waals surface area contributed by atoms with Crippen molar-refractivity contribution in [2.75, 3.05) is 0 Å². The highest BCUT2D eigenvalue weighted by molar-refractivity contribution is 7.71. The van der Waals surface area contributed by atoms with Crippen molar-refractivity contribution < 1.29 is 0 Å². The summed E-state index contributed by atoms with van der Waals surface area (Å²) in [6.07, 6.45) is 6.48.